The molecular formula is C32H54N4O7. The van der Waals surface area contributed by atoms with Gasteiger partial charge in [0.25, 0.3) is 6.47 Å². The number of ether oxygens (including phenoxy) is 4. The smallest absolute Gasteiger partial charge is 0.293 e. The van der Waals surface area contributed by atoms with Crippen LogP contribution in [0.4, 0.5) is 5.82 Å². The number of rotatable bonds is 19. The summed E-state index contributed by atoms with van der Waals surface area (Å²) >= 11 is 0. The number of amides is 1. The monoisotopic (exact) mass is 606 g/mol. The maximum atomic E-state index is 11.2. The number of nitrogens with one attached hydrogen (secondary N) is 2. The first-order chi connectivity index (χ1) is 20.8. The van der Waals surface area contributed by atoms with E-state index in [0.717, 1.165) is 36.8 Å². The number of benzene rings is 1. The fourth-order valence-corrected chi connectivity index (χ4v) is 4.44. The van der Waals surface area contributed by atoms with Gasteiger partial charge in [0.1, 0.15) is 17.2 Å². The molecule has 0 saturated heterocycles. The summed E-state index contributed by atoms with van der Waals surface area (Å²) in [6, 6.07) is 5.39. The van der Waals surface area contributed by atoms with Crippen molar-refractivity contribution in [3.8, 4) is 22.8 Å². The van der Waals surface area contributed by atoms with Crippen LogP contribution in [0.1, 0.15) is 77.3 Å². The summed E-state index contributed by atoms with van der Waals surface area (Å²) in [5.41, 5.74) is 2.99. The molecule has 3 N–H and O–H groups in total. The fourth-order valence-electron chi connectivity index (χ4n) is 4.44. The Kier molecular flexibility index (Phi) is 23.1. The van der Waals surface area contributed by atoms with Crippen LogP contribution in [0, 0.1) is 5.92 Å². The van der Waals surface area contributed by atoms with Crippen molar-refractivity contribution < 1.29 is 33.6 Å². The molecule has 1 amide bonds. The molecule has 0 aliphatic carbocycles. The van der Waals surface area contributed by atoms with Gasteiger partial charge in [-0.05, 0) is 62.6 Å². The predicted molar refractivity (Wildman–Crippen MR) is 170 cm³/mol. The van der Waals surface area contributed by atoms with Gasteiger partial charge in [-0.2, -0.15) is 0 Å². The van der Waals surface area contributed by atoms with Gasteiger partial charge in [0, 0.05) is 57.7 Å². The Morgan fingerprint density at radius 3 is 2.23 bits per heavy atom. The van der Waals surface area contributed by atoms with Crippen molar-refractivity contribution in [3.63, 3.8) is 0 Å². The molecule has 0 aliphatic rings. The minimum Gasteiger partial charge on any atom is -0.507 e. The lowest BCUT2D eigenvalue weighted by Gasteiger charge is -2.23. The van der Waals surface area contributed by atoms with E-state index in [9.17, 15) is 14.7 Å². The van der Waals surface area contributed by atoms with Gasteiger partial charge in [-0.25, -0.2) is 0 Å². The number of phenolic OH excluding ortho intramolecular Hbond substituents is 1. The third kappa shape index (κ3) is 15.6. The van der Waals surface area contributed by atoms with Gasteiger partial charge in [0.05, 0.1) is 13.7 Å². The number of anilines is 1. The summed E-state index contributed by atoms with van der Waals surface area (Å²) in [4.78, 5) is 20.4. The van der Waals surface area contributed by atoms with Crippen LogP contribution in [0.3, 0.4) is 0 Å². The highest BCUT2D eigenvalue weighted by atomic mass is 16.5. The second-order valence-corrected chi connectivity index (χ2v) is 10.0. The average molecular weight is 607 g/mol. The Morgan fingerprint density at radius 1 is 1.00 bits per heavy atom. The van der Waals surface area contributed by atoms with E-state index in [4.69, 9.17) is 9.47 Å². The van der Waals surface area contributed by atoms with Crippen LogP contribution in [0.15, 0.2) is 18.2 Å². The Labute approximate surface area is 258 Å². The Morgan fingerprint density at radius 2 is 1.72 bits per heavy atom. The Hall–Kier alpha value is -3.44. The largest absolute Gasteiger partial charge is 0.507 e. The molecule has 2 atom stereocenters. The van der Waals surface area contributed by atoms with Crippen LogP contribution in [0.5, 0.6) is 11.5 Å². The summed E-state index contributed by atoms with van der Waals surface area (Å²) in [7, 11) is 6.48. The van der Waals surface area contributed by atoms with E-state index in [1.54, 1.807) is 53.6 Å². The second kappa shape index (κ2) is 25.1. The Balaban J connectivity index is 0.00000196. The van der Waals surface area contributed by atoms with E-state index in [-0.39, 0.29) is 11.8 Å². The van der Waals surface area contributed by atoms with E-state index in [1.165, 1.54) is 12.8 Å². The first kappa shape index (κ1) is 39.6. The van der Waals surface area contributed by atoms with Gasteiger partial charge in [-0.15, -0.1) is 10.2 Å². The molecule has 0 radical (unpaired) electrons. The second-order valence-electron chi connectivity index (χ2n) is 10.0. The molecule has 1 heterocycles. The van der Waals surface area contributed by atoms with Crippen LogP contribution >= 0.6 is 0 Å². The number of phenols is 1. The number of carbonyl (C=O) groups excluding carboxylic acids is 2. The number of aromatic nitrogens is 2. The lowest BCUT2D eigenvalue weighted by Crippen LogP contribution is -2.24. The zero-order valence-electron chi connectivity index (χ0n) is 27.4. The van der Waals surface area contributed by atoms with E-state index >= 15 is 0 Å². The van der Waals surface area contributed by atoms with Gasteiger partial charge in [0.15, 0.2) is 5.82 Å². The first-order valence-electron chi connectivity index (χ1n) is 15.0. The van der Waals surface area contributed by atoms with Crippen molar-refractivity contribution in [1.29, 1.82) is 0 Å². The van der Waals surface area contributed by atoms with Crippen LogP contribution < -0.4 is 15.4 Å². The highest BCUT2D eigenvalue weighted by Crippen LogP contribution is 2.36. The van der Waals surface area contributed by atoms with Crippen molar-refractivity contribution in [2.24, 2.45) is 5.92 Å². The minimum atomic E-state index is 0.0676. The number of methoxy groups -OCH3 is 3. The molecule has 0 aliphatic heterocycles. The van der Waals surface area contributed by atoms with Crippen LogP contribution in [-0.2, 0) is 36.8 Å². The van der Waals surface area contributed by atoms with Gasteiger partial charge < -0.3 is 34.7 Å². The van der Waals surface area contributed by atoms with Crippen molar-refractivity contribution in [3.05, 3.63) is 29.3 Å². The van der Waals surface area contributed by atoms with E-state index in [0.29, 0.717) is 67.8 Å². The molecule has 2 unspecified atom stereocenters. The summed E-state index contributed by atoms with van der Waals surface area (Å²) in [6.07, 6.45) is 7.70. The van der Waals surface area contributed by atoms with E-state index in [2.05, 4.69) is 51.1 Å². The van der Waals surface area contributed by atoms with Crippen molar-refractivity contribution in [2.75, 3.05) is 47.0 Å². The van der Waals surface area contributed by atoms with E-state index < -0.39 is 0 Å². The zero-order chi connectivity index (χ0) is 32.5. The van der Waals surface area contributed by atoms with Gasteiger partial charge in [-0.1, -0.05) is 33.6 Å². The molecule has 0 spiro atoms. The number of carbonyl (C=O) groups is 2. The lowest BCUT2D eigenvalue weighted by atomic mass is 9.95. The molecule has 1 aromatic carbocycles. The summed E-state index contributed by atoms with van der Waals surface area (Å²) in [5.74, 6) is 1.99. The number of hydrogen-bond donors (Lipinski definition) is 3. The summed E-state index contributed by atoms with van der Waals surface area (Å²) in [5, 5.41) is 26.2. The standard InChI is InChI=1S/C27H42N4O4.C3H6O2.C2H6O/c1-6-9-19(3)11-12-20(7-2)29-27-24(17-28-18-32)22(10-8-15-34-4)26(30-31-27)23-14-13-21(35-5)16-25(23)33;1-2-5-3-4;1-3-2/h13-14,16,18-20,33H,6-12,15,17H2,1-5H3,(H,28,32)(H,29,31);3H,2H2,1H3;1-2H3. The molecule has 11 nitrogen and oxygen atoms in total. The van der Waals surface area contributed by atoms with Crippen LogP contribution in [0.2, 0.25) is 0 Å². The normalized spacial score (nSPS) is 11.5. The Bertz CT molecular complexity index is 1020. The van der Waals surface area contributed by atoms with E-state index in [1.807, 2.05) is 0 Å². The predicted octanol–water partition coefficient (Wildman–Crippen LogP) is 5.53. The molecule has 1 aromatic heterocycles. The van der Waals surface area contributed by atoms with Crippen molar-refractivity contribution >= 4 is 18.7 Å². The summed E-state index contributed by atoms with van der Waals surface area (Å²) in [6.45, 7) is 10.3. The van der Waals surface area contributed by atoms with Gasteiger partial charge in [0.2, 0.25) is 6.41 Å². The third-order valence-electron chi connectivity index (χ3n) is 6.64. The summed E-state index contributed by atoms with van der Waals surface area (Å²) < 4.78 is 18.9. The SMILES string of the molecule is CCCC(C)CCC(CC)Nc1nnc(-c2ccc(OC)cc2O)c(CCCOC)c1CNC=O.CCOC=O.COC. The molecule has 0 saturated carbocycles. The molecular weight excluding hydrogens is 552 g/mol. The first-order valence-corrected chi connectivity index (χ1v) is 15.0. The van der Waals surface area contributed by atoms with Crippen molar-refractivity contribution in [1.82, 2.24) is 15.5 Å². The molecule has 2 aromatic rings. The fraction of sp³-hybridized carbons (Fsp3) is 0.625. The third-order valence-corrected chi connectivity index (χ3v) is 6.64. The van der Waals surface area contributed by atoms with Gasteiger partial charge >= 0.3 is 0 Å². The maximum Gasteiger partial charge on any atom is 0.293 e. The zero-order valence-corrected chi connectivity index (χ0v) is 27.4. The topological polar surface area (TPSA) is 141 Å². The highest BCUT2D eigenvalue weighted by molar-refractivity contribution is 5.73. The average Bonchev–Trinajstić information content (AvgIpc) is 3.00. The number of hydrogen-bond acceptors (Lipinski definition) is 10. The molecule has 0 bridgehead atoms. The lowest BCUT2D eigenvalue weighted by molar-refractivity contribution is -0.128. The minimum absolute atomic E-state index is 0.0676. The number of nitrogens with zero attached hydrogens (tertiary/aromatic N) is 2. The highest BCUT2D eigenvalue weighted by Gasteiger charge is 2.21. The molecule has 244 valence electrons. The van der Waals surface area contributed by atoms with Crippen LogP contribution in [-0.4, -0.2) is 75.9 Å². The molecule has 43 heavy (non-hydrogen) atoms. The van der Waals surface area contributed by atoms with Gasteiger partial charge in [-0.3, -0.25) is 9.59 Å². The van der Waals surface area contributed by atoms with Crippen molar-refractivity contribution in [2.45, 2.75) is 85.2 Å². The molecule has 11 heteroatoms. The molecule has 0 fully saturated rings. The quantitative estimate of drug-likeness (QED) is 0.138. The maximum absolute atomic E-state index is 11.2. The van der Waals surface area contributed by atoms with Crippen LogP contribution in [0.25, 0.3) is 11.3 Å². The number of aromatic hydroxyl groups is 1. The molecule has 2 rings (SSSR count).